The predicted octanol–water partition coefficient (Wildman–Crippen LogP) is 2.16. The lowest BCUT2D eigenvalue weighted by Gasteiger charge is -2.10. The molecule has 0 aliphatic heterocycles. The average Bonchev–Trinajstić information content (AvgIpc) is 2.85. The van der Waals surface area contributed by atoms with Gasteiger partial charge in [-0.2, -0.15) is 0 Å². The van der Waals surface area contributed by atoms with Gasteiger partial charge in [-0.3, -0.25) is 0 Å². The molecule has 1 heterocycles. The maximum Gasteiger partial charge on any atom is 0.374 e. The number of rotatable bonds is 3. The third kappa shape index (κ3) is 3.14. The van der Waals surface area contributed by atoms with Gasteiger partial charge < -0.3 is 9.15 Å². The number of carbonyl (C=O) groups excluding carboxylic acids is 1. The van der Waals surface area contributed by atoms with Crippen LogP contribution in [0.3, 0.4) is 0 Å². The molecule has 1 aromatic heterocycles. The Labute approximate surface area is 114 Å². The normalized spacial score (nSPS) is 24.1. The lowest BCUT2D eigenvalue weighted by Crippen LogP contribution is -2.20. The van der Waals surface area contributed by atoms with Gasteiger partial charge in [-0.25, -0.2) is 13.2 Å². The van der Waals surface area contributed by atoms with Gasteiger partial charge in [0.2, 0.25) is 5.76 Å². The van der Waals surface area contributed by atoms with Crippen LogP contribution in [0.25, 0.3) is 0 Å². The van der Waals surface area contributed by atoms with Crippen molar-refractivity contribution in [3.05, 3.63) is 22.6 Å². The van der Waals surface area contributed by atoms with Gasteiger partial charge in [0, 0.05) is 12.7 Å². The topological polar surface area (TPSA) is 73.6 Å². The van der Waals surface area contributed by atoms with Crippen LogP contribution in [0, 0.1) is 0 Å². The lowest BCUT2D eigenvalue weighted by molar-refractivity contribution is 0.0281. The van der Waals surface area contributed by atoms with E-state index in [2.05, 4.69) is 15.9 Å². The zero-order chi connectivity index (χ0) is 13.3. The van der Waals surface area contributed by atoms with E-state index < -0.39 is 21.1 Å². The summed E-state index contributed by atoms with van der Waals surface area (Å²) in [6, 6.07) is 3.11. The molecule has 0 saturated heterocycles. The number of esters is 1. The number of hydrogen-bond acceptors (Lipinski definition) is 5. The van der Waals surface area contributed by atoms with Crippen LogP contribution in [-0.4, -0.2) is 32.0 Å². The minimum Gasteiger partial charge on any atom is -0.456 e. The summed E-state index contributed by atoms with van der Waals surface area (Å²) < 4.78 is 33.5. The first-order valence-electron chi connectivity index (χ1n) is 5.51. The Morgan fingerprint density at radius 2 is 2.17 bits per heavy atom. The molecule has 1 aliphatic rings. The summed E-state index contributed by atoms with van der Waals surface area (Å²) in [5, 5.41) is -0.404. The minimum atomic E-state index is -3.05. The van der Waals surface area contributed by atoms with Crippen LogP contribution in [0.15, 0.2) is 21.2 Å². The van der Waals surface area contributed by atoms with Crippen molar-refractivity contribution in [3.63, 3.8) is 0 Å². The molecule has 1 aliphatic carbocycles. The number of carbonyl (C=O) groups is 1. The van der Waals surface area contributed by atoms with E-state index >= 15 is 0 Å². The number of halogens is 1. The number of furan rings is 1. The molecule has 5 nitrogen and oxygen atoms in total. The quantitative estimate of drug-likeness (QED) is 0.791. The molecule has 0 radical (unpaired) electrons. The van der Waals surface area contributed by atoms with E-state index in [0.29, 0.717) is 23.9 Å². The molecule has 0 spiro atoms. The summed E-state index contributed by atoms with van der Waals surface area (Å²) in [6.07, 6.45) is 2.35. The van der Waals surface area contributed by atoms with E-state index in [1.807, 2.05) is 0 Å². The molecule has 0 aromatic carbocycles. The Hall–Kier alpha value is -0.820. The summed E-state index contributed by atoms with van der Waals surface area (Å²) in [4.78, 5) is 11.7. The summed E-state index contributed by atoms with van der Waals surface area (Å²) >= 11 is 3.10. The van der Waals surface area contributed by atoms with Gasteiger partial charge in [-0.1, -0.05) is 0 Å². The maximum atomic E-state index is 11.7. The van der Waals surface area contributed by atoms with E-state index in [0.717, 1.165) is 0 Å². The molecule has 18 heavy (non-hydrogen) atoms. The molecular weight excluding hydrogens is 324 g/mol. The molecule has 2 atom stereocenters. The van der Waals surface area contributed by atoms with E-state index in [4.69, 9.17) is 9.15 Å². The molecule has 0 amide bonds. The fraction of sp³-hybridized carbons (Fsp3) is 0.545. The van der Waals surface area contributed by atoms with Crippen LogP contribution in [0.4, 0.5) is 0 Å². The third-order valence-electron chi connectivity index (χ3n) is 2.99. The number of hydrogen-bond donors (Lipinski definition) is 0. The number of sulfone groups is 1. The van der Waals surface area contributed by atoms with Crippen molar-refractivity contribution in [1.29, 1.82) is 0 Å². The van der Waals surface area contributed by atoms with E-state index in [9.17, 15) is 13.2 Å². The summed E-state index contributed by atoms with van der Waals surface area (Å²) in [7, 11) is -3.05. The standard InChI is InChI=1S/C11H13BrO5S/c1-18(14,15)8-3-2-7(6-8)16-11(13)9-4-5-10(12)17-9/h4-5,7-8H,2-3,6H2,1H3/t7-,8+/m1/s1. The molecule has 1 aromatic rings. The van der Waals surface area contributed by atoms with Gasteiger partial charge in [0.05, 0.1) is 5.25 Å². The Morgan fingerprint density at radius 1 is 1.44 bits per heavy atom. The zero-order valence-corrected chi connectivity index (χ0v) is 12.2. The van der Waals surface area contributed by atoms with Gasteiger partial charge in [-0.05, 0) is 40.9 Å². The molecule has 2 rings (SSSR count). The van der Waals surface area contributed by atoms with Crippen molar-refractivity contribution in [2.75, 3.05) is 6.26 Å². The minimum absolute atomic E-state index is 0.115. The largest absolute Gasteiger partial charge is 0.456 e. The number of ether oxygens (including phenoxy) is 1. The Balaban J connectivity index is 1.94. The van der Waals surface area contributed by atoms with Gasteiger partial charge in [0.1, 0.15) is 15.9 Å². The maximum absolute atomic E-state index is 11.7. The highest BCUT2D eigenvalue weighted by Crippen LogP contribution is 2.28. The van der Waals surface area contributed by atoms with Crippen molar-refractivity contribution in [1.82, 2.24) is 0 Å². The van der Waals surface area contributed by atoms with Crippen molar-refractivity contribution in [3.8, 4) is 0 Å². The second-order valence-corrected chi connectivity index (χ2v) is 7.50. The molecule has 0 N–H and O–H groups in total. The lowest BCUT2D eigenvalue weighted by atomic mass is 10.3. The predicted molar refractivity (Wildman–Crippen MR) is 68.1 cm³/mol. The van der Waals surface area contributed by atoms with E-state index in [-0.39, 0.29) is 11.9 Å². The monoisotopic (exact) mass is 336 g/mol. The average molecular weight is 337 g/mol. The first kappa shape index (κ1) is 13.6. The second kappa shape index (κ2) is 5.05. The molecular formula is C11H13BrO5S. The smallest absolute Gasteiger partial charge is 0.374 e. The second-order valence-electron chi connectivity index (χ2n) is 4.40. The zero-order valence-electron chi connectivity index (χ0n) is 9.76. The van der Waals surface area contributed by atoms with Gasteiger partial charge in [0.25, 0.3) is 0 Å². The highest BCUT2D eigenvalue weighted by molar-refractivity contribution is 9.10. The summed E-state index contributed by atoms with van der Waals surface area (Å²) in [6.45, 7) is 0. The fourth-order valence-corrected chi connectivity index (χ4v) is 3.47. The van der Waals surface area contributed by atoms with Gasteiger partial charge >= 0.3 is 5.97 Å². The highest BCUT2D eigenvalue weighted by atomic mass is 79.9. The van der Waals surface area contributed by atoms with E-state index in [1.54, 1.807) is 6.07 Å². The Morgan fingerprint density at radius 3 is 2.67 bits per heavy atom. The Bertz CT molecular complexity index is 548. The van der Waals surface area contributed by atoms with Crippen molar-refractivity contribution in [2.45, 2.75) is 30.6 Å². The summed E-state index contributed by atoms with van der Waals surface area (Å²) in [5.41, 5.74) is 0. The highest BCUT2D eigenvalue weighted by Gasteiger charge is 2.34. The molecule has 1 fully saturated rings. The van der Waals surface area contributed by atoms with E-state index in [1.165, 1.54) is 12.3 Å². The van der Waals surface area contributed by atoms with Crippen molar-refractivity contribution in [2.24, 2.45) is 0 Å². The van der Waals surface area contributed by atoms with Gasteiger partial charge in [0.15, 0.2) is 4.67 Å². The van der Waals surface area contributed by atoms with Crippen LogP contribution < -0.4 is 0 Å². The molecule has 1 saturated carbocycles. The SMILES string of the molecule is CS(=O)(=O)[C@H]1CC[C@@H](OC(=O)c2ccc(Br)o2)C1. The molecule has 100 valence electrons. The van der Waals surface area contributed by atoms with Crippen LogP contribution >= 0.6 is 15.9 Å². The first-order chi connectivity index (χ1) is 8.36. The van der Waals surface area contributed by atoms with Crippen LogP contribution in [0.5, 0.6) is 0 Å². The molecule has 0 bridgehead atoms. The van der Waals surface area contributed by atoms with Crippen LogP contribution in [0.1, 0.15) is 29.8 Å². The first-order valence-corrected chi connectivity index (χ1v) is 8.26. The van der Waals surface area contributed by atoms with Crippen molar-refractivity contribution < 1.29 is 22.4 Å². The molecule has 7 heteroatoms. The van der Waals surface area contributed by atoms with Crippen molar-refractivity contribution >= 4 is 31.7 Å². The third-order valence-corrected chi connectivity index (χ3v) is 5.06. The van der Waals surface area contributed by atoms with Gasteiger partial charge in [-0.15, -0.1) is 0 Å². The fourth-order valence-electron chi connectivity index (χ4n) is 2.03. The molecule has 0 unspecified atom stereocenters. The summed E-state index contributed by atoms with van der Waals surface area (Å²) in [5.74, 6) is -0.440. The van der Waals surface area contributed by atoms with Crippen LogP contribution in [0.2, 0.25) is 0 Å². The van der Waals surface area contributed by atoms with Crippen LogP contribution in [-0.2, 0) is 14.6 Å². The Kier molecular flexibility index (Phi) is 3.82.